The van der Waals surface area contributed by atoms with Crippen molar-refractivity contribution in [3.05, 3.63) is 93.5 Å². The number of rotatable bonds is 8. The van der Waals surface area contributed by atoms with Crippen molar-refractivity contribution in [3.8, 4) is 0 Å². The van der Waals surface area contributed by atoms with Gasteiger partial charge in [-0.2, -0.15) is 4.31 Å². The lowest BCUT2D eigenvalue weighted by molar-refractivity contribution is -0.116. The predicted octanol–water partition coefficient (Wildman–Crippen LogP) is 4.52. The number of hydrogen-bond donors (Lipinski definition) is 1. The monoisotopic (exact) mass is 588 g/mol. The van der Waals surface area contributed by atoms with Gasteiger partial charge in [0.05, 0.1) is 21.5 Å². The number of carbonyl (C=O) groups excluding carboxylic acids is 2. The number of benzene rings is 3. The largest absolute Gasteiger partial charge is 0.336 e. The molecular weight excluding hydrogens is 559 g/mol. The molecule has 3 aromatic carbocycles. The molecule has 0 saturated carbocycles. The van der Waals surface area contributed by atoms with E-state index in [1.807, 2.05) is 18.9 Å². The molecule has 0 radical (unpaired) electrons. The van der Waals surface area contributed by atoms with E-state index in [1.54, 1.807) is 54.6 Å². The molecule has 2 amide bonds. The third-order valence-electron chi connectivity index (χ3n) is 6.53. The molecule has 1 N–H and O–H groups in total. The number of likely N-dealkylation sites (N-methyl/N-ethyl adjacent to an activating group) is 1. The van der Waals surface area contributed by atoms with Crippen molar-refractivity contribution in [2.24, 2.45) is 0 Å². The van der Waals surface area contributed by atoms with Crippen molar-refractivity contribution >= 4 is 50.7 Å². The molecule has 0 bridgehead atoms. The first-order valence-corrected chi connectivity index (χ1v) is 14.6. The van der Waals surface area contributed by atoms with Gasteiger partial charge in [0.25, 0.3) is 5.91 Å². The van der Waals surface area contributed by atoms with Crippen molar-refractivity contribution in [2.75, 3.05) is 45.1 Å². The maximum Gasteiger partial charge on any atom is 0.253 e. The number of piperazine rings is 1. The molecular formula is C28H30Cl2N4O4S. The summed E-state index contributed by atoms with van der Waals surface area (Å²) in [6.07, 6.45) is 0. The van der Waals surface area contributed by atoms with Gasteiger partial charge in [-0.3, -0.25) is 9.59 Å². The van der Waals surface area contributed by atoms with E-state index in [0.717, 1.165) is 23.0 Å². The first-order chi connectivity index (χ1) is 18.5. The van der Waals surface area contributed by atoms with E-state index in [2.05, 4.69) is 10.2 Å². The Hall–Kier alpha value is -2.95. The number of halogens is 2. The summed E-state index contributed by atoms with van der Waals surface area (Å²) < 4.78 is 28.1. The van der Waals surface area contributed by atoms with Crippen LogP contribution < -0.4 is 5.32 Å². The quantitative estimate of drug-likeness (QED) is 0.418. The smallest absolute Gasteiger partial charge is 0.253 e. The van der Waals surface area contributed by atoms with Crippen LogP contribution in [0.25, 0.3) is 0 Å². The van der Waals surface area contributed by atoms with Crippen LogP contribution in [0.15, 0.2) is 71.6 Å². The number of amides is 2. The van der Waals surface area contributed by atoms with Crippen LogP contribution >= 0.6 is 23.2 Å². The van der Waals surface area contributed by atoms with Crippen LogP contribution in [0.2, 0.25) is 10.0 Å². The molecule has 1 saturated heterocycles. The van der Waals surface area contributed by atoms with Gasteiger partial charge in [0.2, 0.25) is 15.9 Å². The summed E-state index contributed by atoms with van der Waals surface area (Å²) in [4.78, 5) is 29.9. The molecule has 4 rings (SSSR count). The van der Waals surface area contributed by atoms with Crippen LogP contribution in [-0.4, -0.2) is 74.1 Å². The molecule has 11 heteroatoms. The van der Waals surface area contributed by atoms with Crippen LogP contribution in [0.3, 0.4) is 0 Å². The highest BCUT2D eigenvalue weighted by atomic mass is 35.5. The SMILES string of the molecule is Cc1ccc(S(=O)(=O)N(CC(=O)Nc2ccc(C(=O)N3CCN(C)CC3)cc2)Cc2ccc(Cl)c(Cl)c2)cc1. The Morgan fingerprint density at radius 3 is 2.15 bits per heavy atom. The fraction of sp³-hybridized carbons (Fsp3) is 0.286. The van der Waals surface area contributed by atoms with Gasteiger partial charge in [-0.1, -0.05) is 47.0 Å². The molecule has 0 spiro atoms. The minimum Gasteiger partial charge on any atom is -0.336 e. The van der Waals surface area contributed by atoms with Crippen LogP contribution in [0.1, 0.15) is 21.5 Å². The number of hydrogen-bond acceptors (Lipinski definition) is 5. The minimum atomic E-state index is -4.02. The molecule has 3 aromatic rings. The van der Waals surface area contributed by atoms with Gasteiger partial charge in [-0.05, 0) is 68.1 Å². The summed E-state index contributed by atoms with van der Waals surface area (Å²) in [5.41, 5.74) is 2.48. The van der Waals surface area contributed by atoms with E-state index >= 15 is 0 Å². The third kappa shape index (κ3) is 7.38. The van der Waals surface area contributed by atoms with Gasteiger partial charge in [0.15, 0.2) is 0 Å². The van der Waals surface area contributed by atoms with Crippen molar-refractivity contribution in [3.63, 3.8) is 0 Å². The van der Waals surface area contributed by atoms with E-state index in [0.29, 0.717) is 34.9 Å². The third-order valence-corrected chi connectivity index (χ3v) is 9.07. The summed E-state index contributed by atoms with van der Waals surface area (Å²) in [6, 6.07) is 17.9. The van der Waals surface area contributed by atoms with Crippen LogP contribution in [0.4, 0.5) is 5.69 Å². The molecule has 1 aliphatic heterocycles. The Morgan fingerprint density at radius 1 is 0.897 bits per heavy atom. The maximum absolute atomic E-state index is 13.5. The van der Waals surface area contributed by atoms with Crippen LogP contribution in [-0.2, 0) is 21.4 Å². The van der Waals surface area contributed by atoms with E-state index in [1.165, 1.54) is 12.1 Å². The Labute approximate surface area is 239 Å². The van der Waals surface area contributed by atoms with E-state index in [4.69, 9.17) is 23.2 Å². The summed E-state index contributed by atoms with van der Waals surface area (Å²) in [6.45, 7) is 4.32. The highest BCUT2D eigenvalue weighted by molar-refractivity contribution is 7.89. The zero-order valence-electron chi connectivity index (χ0n) is 21.7. The van der Waals surface area contributed by atoms with E-state index < -0.39 is 22.5 Å². The van der Waals surface area contributed by atoms with Gasteiger partial charge in [-0.25, -0.2) is 8.42 Å². The second-order valence-corrected chi connectivity index (χ2v) is 12.3. The standard InChI is InChI=1S/C28H30Cl2N4O4S/c1-20-3-10-24(11-4-20)39(37,38)34(18-21-5-12-25(29)26(30)17-21)19-27(35)31-23-8-6-22(7-9-23)28(36)33-15-13-32(2)14-16-33/h3-12,17H,13-16,18-19H2,1-2H3,(H,31,35). The van der Waals surface area contributed by atoms with E-state index in [9.17, 15) is 18.0 Å². The highest BCUT2D eigenvalue weighted by Gasteiger charge is 2.27. The number of nitrogens with zero attached hydrogens (tertiary/aromatic N) is 3. The average molecular weight is 590 g/mol. The summed E-state index contributed by atoms with van der Waals surface area (Å²) in [5, 5.41) is 3.38. The number of sulfonamides is 1. The maximum atomic E-state index is 13.5. The second-order valence-electron chi connectivity index (χ2n) is 9.56. The lowest BCUT2D eigenvalue weighted by Crippen LogP contribution is -2.47. The van der Waals surface area contributed by atoms with Gasteiger partial charge in [-0.15, -0.1) is 0 Å². The van der Waals surface area contributed by atoms with Gasteiger partial charge >= 0.3 is 0 Å². The molecule has 8 nitrogen and oxygen atoms in total. The number of carbonyl (C=O) groups is 2. The molecule has 0 aromatic heterocycles. The van der Waals surface area contributed by atoms with Gasteiger partial charge < -0.3 is 15.1 Å². The fourth-order valence-corrected chi connectivity index (χ4v) is 5.88. The Kier molecular flexibility index (Phi) is 9.30. The number of nitrogens with one attached hydrogen (secondary N) is 1. The highest BCUT2D eigenvalue weighted by Crippen LogP contribution is 2.25. The number of anilines is 1. The molecule has 1 heterocycles. The molecule has 0 aliphatic carbocycles. The first kappa shape index (κ1) is 29.0. The van der Waals surface area contributed by atoms with Crippen molar-refractivity contribution in [2.45, 2.75) is 18.4 Å². The molecule has 1 fully saturated rings. The Balaban J connectivity index is 1.49. The lowest BCUT2D eigenvalue weighted by atomic mass is 10.1. The van der Waals surface area contributed by atoms with E-state index in [-0.39, 0.29) is 22.4 Å². The van der Waals surface area contributed by atoms with Crippen molar-refractivity contribution in [1.29, 1.82) is 0 Å². The molecule has 0 unspecified atom stereocenters. The summed E-state index contributed by atoms with van der Waals surface area (Å²) in [7, 11) is -1.99. The van der Waals surface area contributed by atoms with Crippen molar-refractivity contribution in [1.82, 2.24) is 14.1 Å². The normalized spacial score (nSPS) is 14.4. The Morgan fingerprint density at radius 2 is 1.54 bits per heavy atom. The molecule has 206 valence electrons. The predicted molar refractivity (Wildman–Crippen MR) is 154 cm³/mol. The van der Waals surface area contributed by atoms with Crippen LogP contribution in [0, 0.1) is 6.92 Å². The Bertz CT molecular complexity index is 1440. The zero-order valence-corrected chi connectivity index (χ0v) is 24.1. The lowest BCUT2D eigenvalue weighted by Gasteiger charge is -2.32. The zero-order chi connectivity index (χ0) is 28.2. The minimum absolute atomic E-state index is 0.0574. The first-order valence-electron chi connectivity index (χ1n) is 12.4. The molecule has 0 atom stereocenters. The van der Waals surface area contributed by atoms with Crippen molar-refractivity contribution < 1.29 is 18.0 Å². The van der Waals surface area contributed by atoms with Gasteiger partial charge in [0, 0.05) is 44.0 Å². The summed E-state index contributed by atoms with van der Waals surface area (Å²) in [5.74, 6) is -0.582. The molecule has 1 aliphatic rings. The number of aryl methyl sites for hydroxylation is 1. The fourth-order valence-electron chi connectivity index (χ4n) is 4.18. The topological polar surface area (TPSA) is 90.0 Å². The summed E-state index contributed by atoms with van der Waals surface area (Å²) >= 11 is 12.2. The van der Waals surface area contributed by atoms with Gasteiger partial charge in [0.1, 0.15) is 0 Å². The molecule has 39 heavy (non-hydrogen) atoms. The van der Waals surface area contributed by atoms with Crippen LogP contribution in [0.5, 0.6) is 0 Å². The average Bonchev–Trinajstić information content (AvgIpc) is 2.91. The second kappa shape index (κ2) is 12.5.